The number of aromatic amines is 1. The first-order valence-corrected chi connectivity index (χ1v) is 11.6. The fraction of sp³-hybridized carbons (Fsp3) is 0.125. The van der Waals surface area contributed by atoms with Gasteiger partial charge in [-0.3, -0.25) is 0 Å². The summed E-state index contributed by atoms with van der Waals surface area (Å²) >= 11 is 6.56. The second-order valence-corrected chi connectivity index (χ2v) is 10.7. The minimum Gasteiger partial charge on any atom is -0.334 e. The molecular formula is C16H10F3IN2O2S2. The zero-order valence-corrected chi connectivity index (χ0v) is 16.6. The minimum absolute atomic E-state index is 0.0605. The van der Waals surface area contributed by atoms with Crippen LogP contribution in [0.15, 0.2) is 47.4 Å². The van der Waals surface area contributed by atoms with Gasteiger partial charge in [0.05, 0.1) is 37.5 Å². The van der Waals surface area contributed by atoms with Gasteiger partial charge in [0.1, 0.15) is 0 Å². The maximum absolute atomic E-state index is 13.1. The molecule has 0 bridgehead atoms. The highest BCUT2D eigenvalue weighted by Gasteiger charge is 2.36. The van der Waals surface area contributed by atoms with Gasteiger partial charge in [-0.1, -0.05) is 42.6 Å². The van der Waals surface area contributed by atoms with E-state index >= 15 is 0 Å². The van der Waals surface area contributed by atoms with Crippen molar-refractivity contribution in [3.8, 4) is 11.3 Å². The Hall–Kier alpha value is -1.53. The maximum atomic E-state index is 13.1. The first kappa shape index (κ1) is 19.2. The molecule has 1 heterocycles. The van der Waals surface area contributed by atoms with Crippen molar-refractivity contribution in [2.75, 3.05) is 0 Å². The lowest BCUT2D eigenvalue weighted by Gasteiger charge is -2.11. The Balaban J connectivity index is 2.17. The van der Waals surface area contributed by atoms with Crippen molar-refractivity contribution < 1.29 is 21.6 Å². The number of alkyl halides is 3. The number of halogens is 4. The topological polar surface area (TPSA) is 62.8 Å². The van der Waals surface area contributed by atoms with E-state index in [4.69, 9.17) is 12.2 Å². The fourth-order valence-corrected chi connectivity index (χ4v) is 4.06. The molecule has 1 aromatic heterocycles. The third-order valence-corrected chi connectivity index (χ3v) is 6.40. The maximum Gasteiger partial charge on any atom is 0.449 e. The third-order valence-electron chi connectivity index (χ3n) is 3.65. The monoisotopic (exact) mass is 510 g/mol. The SMILES string of the molecule is O=S(=O)(I)c1ccc(-c2nc(C(F)(F)F)[nH]c2C2=CC=CCC2=S)cc1. The molecule has 10 heteroatoms. The molecule has 0 aliphatic heterocycles. The Morgan fingerprint density at radius 2 is 1.85 bits per heavy atom. The number of rotatable bonds is 3. The van der Waals surface area contributed by atoms with Crippen LogP contribution in [-0.4, -0.2) is 23.3 Å². The number of thiocarbonyl (C=S) groups is 1. The molecule has 3 rings (SSSR count). The van der Waals surface area contributed by atoms with Gasteiger partial charge in [-0.05, 0) is 12.1 Å². The summed E-state index contributed by atoms with van der Waals surface area (Å²) in [6.45, 7) is 0. The molecule has 4 nitrogen and oxygen atoms in total. The standard InChI is InChI=1S/C16H10F3IN2O2S2/c17-16(18,19)15-21-13(9-5-7-10(8-6-9)26(20,23)24)14(22-15)11-3-1-2-4-12(11)25/h1-3,5-8H,4H2,(H,21,22). The second kappa shape index (κ2) is 6.89. The molecule has 1 aromatic carbocycles. The van der Waals surface area contributed by atoms with Crippen LogP contribution in [-0.2, 0) is 13.2 Å². The quantitative estimate of drug-likeness (QED) is 0.362. The van der Waals surface area contributed by atoms with E-state index in [1.807, 2.05) is 6.08 Å². The van der Waals surface area contributed by atoms with E-state index < -0.39 is 19.0 Å². The number of benzene rings is 1. The van der Waals surface area contributed by atoms with Gasteiger partial charge in [0, 0.05) is 22.4 Å². The molecule has 136 valence electrons. The van der Waals surface area contributed by atoms with Gasteiger partial charge < -0.3 is 4.98 Å². The molecule has 0 saturated heterocycles. The highest BCUT2D eigenvalue weighted by Crippen LogP contribution is 2.35. The summed E-state index contributed by atoms with van der Waals surface area (Å²) in [5, 5.41) is 0. The van der Waals surface area contributed by atoms with E-state index in [-0.39, 0.29) is 16.3 Å². The lowest BCUT2D eigenvalue weighted by atomic mass is 9.98. The largest absolute Gasteiger partial charge is 0.449 e. The lowest BCUT2D eigenvalue weighted by molar-refractivity contribution is -0.144. The van der Waals surface area contributed by atoms with E-state index in [0.29, 0.717) is 22.4 Å². The van der Waals surface area contributed by atoms with Crippen LogP contribution in [0.2, 0.25) is 0 Å². The highest BCUT2D eigenvalue weighted by atomic mass is 127. The van der Waals surface area contributed by atoms with Crippen molar-refractivity contribution >= 4 is 50.9 Å². The van der Waals surface area contributed by atoms with Crippen LogP contribution in [0.5, 0.6) is 0 Å². The Bertz CT molecular complexity index is 1040. The number of allylic oxidation sites excluding steroid dienone is 4. The first-order chi connectivity index (χ1) is 12.1. The lowest BCUT2D eigenvalue weighted by Crippen LogP contribution is -2.08. The molecule has 0 radical (unpaired) electrons. The summed E-state index contributed by atoms with van der Waals surface area (Å²) in [4.78, 5) is 6.57. The van der Waals surface area contributed by atoms with Crippen LogP contribution in [0, 0.1) is 0 Å². The third kappa shape index (κ3) is 3.91. The molecule has 0 saturated carbocycles. The Kier molecular flexibility index (Phi) is 5.10. The normalized spacial score (nSPS) is 15.2. The van der Waals surface area contributed by atoms with Gasteiger partial charge in [0.25, 0.3) is 0 Å². The van der Waals surface area contributed by atoms with Gasteiger partial charge in [-0.2, -0.15) is 13.2 Å². The molecule has 0 spiro atoms. The Morgan fingerprint density at radius 3 is 2.38 bits per heavy atom. The van der Waals surface area contributed by atoms with E-state index in [1.165, 1.54) is 45.5 Å². The molecule has 2 aromatic rings. The summed E-state index contributed by atoms with van der Waals surface area (Å²) in [6.07, 6.45) is 0.964. The molecule has 1 aliphatic rings. The Morgan fingerprint density at radius 1 is 1.19 bits per heavy atom. The van der Waals surface area contributed by atoms with Crippen molar-refractivity contribution in [1.29, 1.82) is 0 Å². The summed E-state index contributed by atoms with van der Waals surface area (Å²) in [5.41, 5.74) is 1.05. The molecule has 0 fully saturated rings. The summed E-state index contributed by atoms with van der Waals surface area (Å²) in [7, 11) is -3.44. The van der Waals surface area contributed by atoms with Gasteiger partial charge in [0.15, 0.2) is 0 Å². The fourth-order valence-electron chi connectivity index (χ4n) is 2.45. The summed E-state index contributed by atoms with van der Waals surface area (Å²) in [5.74, 6) is -1.13. The van der Waals surface area contributed by atoms with Crippen LogP contribution in [0.4, 0.5) is 13.2 Å². The van der Waals surface area contributed by atoms with Gasteiger partial charge >= 0.3 is 6.18 Å². The van der Waals surface area contributed by atoms with Crippen molar-refractivity contribution in [1.82, 2.24) is 9.97 Å². The van der Waals surface area contributed by atoms with E-state index in [0.717, 1.165) is 0 Å². The number of imidazole rings is 1. The van der Waals surface area contributed by atoms with Gasteiger partial charge in [0.2, 0.25) is 12.8 Å². The number of nitrogens with zero attached hydrogens (tertiary/aromatic N) is 1. The first-order valence-electron chi connectivity index (χ1n) is 7.20. The predicted molar refractivity (Wildman–Crippen MR) is 105 cm³/mol. The van der Waals surface area contributed by atoms with Crippen LogP contribution < -0.4 is 0 Å². The highest BCUT2D eigenvalue weighted by molar-refractivity contribution is 14.2. The number of aromatic nitrogens is 2. The van der Waals surface area contributed by atoms with Gasteiger partial charge in [-0.25, -0.2) is 13.4 Å². The second-order valence-electron chi connectivity index (χ2n) is 5.40. The number of nitrogens with one attached hydrogen (secondary N) is 1. The zero-order chi connectivity index (χ0) is 19.1. The van der Waals surface area contributed by atoms with E-state index in [2.05, 4.69) is 9.97 Å². The van der Waals surface area contributed by atoms with Crippen molar-refractivity contribution in [3.05, 3.63) is 54.0 Å². The van der Waals surface area contributed by atoms with E-state index in [9.17, 15) is 21.6 Å². The number of H-pyrrole nitrogens is 1. The van der Waals surface area contributed by atoms with Crippen LogP contribution in [0.3, 0.4) is 0 Å². The molecule has 0 atom stereocenters. The van der Waals surface area contributed by atoms with Crippen molar-refractivity contribution in [3.63, 3.8) is 0 Å². The molecule has 0 amide bonds. The minimum atomic E-state index is -4.65. The van der Waals surface area contributed by atoms with Crippen LogP contribution >= 0.6 is 33.4 Å². The average Bonchev–Trinajstić information content (AvgIpc) is 3.00. The Labute approximate surface area is 164 Å². The predicted octanol–water partition coefficient (Wildman–Crippen LogP) is 4.93. The summed E-state index contributed by atoms with van der Waals surface area (Å²) < 4.78 is 62.5. The molecule has 1 aliphatic carbocycles. The van der Waals surface area contributed by atoms with Gasteiger partial charge in [-0.15, -0.1) is 0 Å². The van der Waals surface area contributed by atoms with Crippen LogP contribution in [0.1, 0.15) is 17.9 Å². The molecule has 1 N–H and O–H groups in total. The zero-order valence-electron chi connectivity index (χ0n) is 12.8. The summed E-state index contributed by atoms with van der Waals surface area (Å²) in [6, 6.07) is 5.51. The number of hydrogen-bond donors (Lipinski definition) is 1. The average molecular weight is 510 g/mol. The smallest absolute Gasteiger partial charge is 0.334 e. The number of hydrogen-bond acceptors (Lipinski definition) is 4. The van der Waals surface area contributed by atoms with E-state index in [1.54, 1.807) is 12.2 Å². The van der Waals surface area contributed by atoms with Crippen LogP contribution in [0.25, 0.3) is 16.8 Å². The molecule has 0 unspecified atom stereocenters. The van der Waals surface area contributed by atoms with Crippen molar-refractivity contribution in [2.45, 2.75) is 17.5 Å². The molecule has 26 heavy (non-hydrogen) atoms. The molecular weight excluding hydrogens is 500 g/mol. The van der Waals surface area contributed by atoms with Crippen molar-refractivity contribution in [2.24, 2.45) is 0 Å².